The predicted molar refractivity (Wildman–Crippen MR) is 209 cm³/mol. The van der Waals surface area contributed by atoms with E-state index in [1.165, 1.54) is 15.9 Å². The third-order valence-electron chi connectivity index (χ3n) is 9.81. The van der Waals surface area contributed by atoms with Crippen LogP contribution in [-0.2, 0) is 38.6 Å². The quantitative estimate of drug-likeness (QED) is 0.239. The molecule has 4 N–H and O–H groups in total. The van der Waals surface area contributed by atoms with Gasteiger partial charge in [-0.15, -0.1) is 0 Å². The maximum atomic E-state index is 14.1. The highest BCUT2D eigenvalue weighted by atomic mass is 16.5. The molecule has 2 aliphatic heterocycles. The number of carbonyl (C=O) groups is 6. The first-order chi connectivity index (χ1) is 26.9. The van der Waals surface area contributed by atoms with Crippen molar-refractivity contribution in [3.8, 4) is 5.75 Å². The molecule has 4 aromatic rings. The number of amides is 6. The molecule has 3 aromatic carbocycles. The smallest absolute Gasteiger partial charge is 0.264 e. The van der Waals surface area contributed by atoms with Crippen LogP contribution in [0.2, 0.25) is 0 Å². The topological polar surface area (TPSA) is 184 Å². The van der Waals surface area contributed by atoms with E-state index >= 15 is 0 Å². The van der Waals surface area contributed by atoms with Crippen molar-refractivity contribution in [3.05, 3.63) is 89.2 Å². The number of aryl methyl sites for hydroxylation is 1. The summed E-state index contributed by atoms with van der Waals surface area (Å²) in [5.41, 5.74) is 3.28. The van der Waals surface area contributed by atoms with Gasteiger partial charge in [-0.05, 0) is 61.2 Å². The first-order valence-electron chi connectivity index (χ1n) is 18.9. The van der Waals surface area contributed by atoms with Crippen LogP contribution in [0.15, 0.2) is 66.7 Å². The molecule has 2 bridgehead atoms. The minimum atomic E-state index is -1.08. The monoisotopic (exact) mass is 764 g/mol. The zero-order chi connectivity index (χ0) is 39.9. The summed E-state index contributed by atoms with van der Waals surface area (Å²) < 4.78 is 7.61. The van der Waals surface area contributed by atoms with Crippen molar-refractivity contribution in [1.29, 1.82) is 0 Å². The molecule has 0 fully saturated rings. The molecule has 56 heavy (non-hydrogen) atoms. The number of hydrogen-bond donors (Lipinski definition) is 4. The van der Waals surface area contributed by atoms with Crippen LogP contribution in [0.5, 0.6) is 5.75 Å². The van der Waals surface area contributed by atoms with Gasteiger partial charge in [0.15, 0.2) is 6.61 Å². The van der Waals surface area contributed by atoms with Crippen LogP contribution in [0.4, 0.5) is 5.69 Å². The molecule has 0 unspecified atom stereocenters. The summed E-state index contributed by atoms with van der Waals surface area (Å²) in [5, 5.41) is 11.3. The zero-order valence-electron chi connectivity index (χ0n) is 32.1. The summed E-state index contributed by atoms with van der Waals surface area (Å²) in [6.07, 6.45) is 1.41. The van der Waals surface area contributed by atoms with E-state index in [0.29, 0.717) is 42.4 Å². The molecule has 2 aliphatic rings. The number of nitrogens with one attached hydrogen (secondary N) is 4. The minimum absolute atomic E-state index is 0.000577. The molecule has 15 nitrogen and oxygen atoms in total. The largest absolute Gasteiger partial charge is 0.482 e. The van der Waals surface area contributed by atoms with Crippen molar-refractivity contribution in [3.63, 3.8) is 0 Å². The number of likely N-dealkylation sites (N-methyl/N-ethyl adjacent to an activating group) is 1. The second-order valence-electron chi connectivity index (χ2n) is 14.6. The Kier molecular flexibility index (Phi) is 12.3. The molecule has 15 heteroatoms. The highest BCUT2D eigenvalue weighted by Gasteiger charge is 2.29. The molecule has 0 spiro atoms. The lowest BCUT2D eigenvalue weighted by molar-refractivity contribution is -0.132. The van der Waals surface area contributed by atoms with Crippen LogP contribution in [0.3, 0.4) is 0 Å². The lowest BCUT2D eigenvalue weighted by Gasteiger charge is -2.28. The molecule has 6 amide bonds. The normalized spacial score (nSPS) is 19.1. The van der Waals surface area contributed by atoms with E-state index in [9.17, 15) is 28.8 Å². The molecule has 0 saturated carbocycles. The number of ether oxygens (including phenoxy) is 1. The van der Waals surface area contributed by atoms with Gasteiger partial charge in [-0.2, -0.15) is 0 Å². The summed E-state index contributed by atoms with van der Waals surface area (Å²) >= 11 is 0. The Morgan fingerprint density at radius 1 is 0.911 bits per heavy atom. The maximum absolute atomic E-state index is 14.1. The summed E-state index contributed by atoms with van der Waals surface area (Å²) in [5.74, 6) is -1.15. The van der Waals surface area contributed by atoms with Gasteiger partial charge in [-0.25, -0.2) is 4.98 Å². The van der Waals surface area contributed by atoms with E-state index < -0.39 is 36.3 Å². The van der Waals surface area contributed by atoms with Crippen LogP contribution >= 0.6 is 0 Å². The third kappa shape index (κ3) is 9.33. The van der Waals surface area contributed by atoms with Gasteiger partial charge in [0.05, 0.1) is 23.3 Å². The van der Waals surface area contributed by atoms with E-state index in [0.717, 1.165) is 28.8 Å². The number of imidazole rings is 1. The Morgan fingerprint density at radius 2 is 1.70 bits per heavy atom. The Balaban J connectivity index is 1.31. The number of rotatable bonds is 5. The van der Waals surface area contributed by atoms with E-state index in [2.05, 4.69) is 39.7 Å². The first-order valence-corrected chi connectivity index (χ1v) is 18.9. The van der Waals surface area contributed by atoms with E-state index in [1.807, 2.05) is 30.3 Å². The number of aromatic nitrogens is 2. The molecular formula is C41H48N8O7. The zero-order valence-corrected chi connectivity index (χ0v) is 32.1. The van der Waals surface area contributed by atoms with Crippen LogP contribution in [-0.4, -0.2) is 102 Å². The number of carbonyl (C=O) groups excluding carboxylic acids is 6. The van der Waals surface area contributed by atoms with E-state index in [4.69, 9.17) is 9.72 Å². The Hall–Kier alpha value is -6.25. The Labute approximate surface area is 325 Å². The highest BCUT2D eigenvalue weighted by Crippen LogP contribution is 2.32. The number of nitrogens with zero attached hydrogens (tertiary/aromatic N) is 4. The van der Waals surface area contributed by atoms with Gasteiger partial charge in [0, 0.05) is 57.2 Å². The lowest BCUT2D eigenvalue weighted by Crippen LogP contribution is -2.55. The summed E-state index contributed by atoms with van der Waals surface area (Å²) in [4.78, 5) is 88.2. The molecule has 0 radical (unpaired) electrons. The molecule has 6 rings (SSSR count). The molecule has 2 atom stereocenters. The van der Waals surface area contributed by atoms with Gasteiger partial charge in [-0.1, -0.05) is 44.2 Å². The Morgan fingerprint density at radius 3 is 2.46 bits per heavy atom. The number of fused-ring (bicyclic) bond motifs is 2. The van der Waals surface area contributed by atoms with Gasteiger partial charge >= 0.3 is 0 Å². The molecule has 0 aliphatic carbocycles. The number of benzene rings is 3. The minimum Gasteiger partial charge on any atom is -0.482 e. The molecule has 0 saturated heterocycles. The summed E-state index contributed by atoms with van der Waals surface area (Å²) in [6.45, 7) is 6.00. The SMILES string of the molecule is CC(C)Cc1nc2ccc3cc2n1CCCNC(=O)[C@@H](C)NC(=O)[C@H](Cc1ccccc1)NC(=O)CN(C(=O)c1ccc2c(c1)N(C)C(=O)CO2)CCNC3=O. The number of hydrogen-bond acceptors (Lipinski definition) is 8. The summed E-state index contributed by atoms with van der Waals surface area (Å²) in [7, 11) is 1.58. The lowest BCUT2D eigenvalue weighted by atomic mass is 10.0. The Bertz CT molecular complexity index is 2130. The van der Waals surface area contributed by atoms with Gasteiger partial charge in [-0.3, -0.25) is 28.8 Å². The fourth-order valence-electron chi connectivity index (χ4n) is 6.78. The van der Waals surface area contributed by atoms with Gasteiger partial charge in [0.25, 0.3) is 17.7 Å². The second-order valence-corrected chi connectivity index (χ2v) is 14.6. The van der Waals surface area contributed by atoms with Crippen molar-refractivity contribution in [2.24, 2.45) is 5.92 Å². The fraction of sp³-hybridized carbons (Fsp3) is 0.390. The van der Waals surface area contributed by atoms with Crippen LogP contribution < -0.4 is 30.9 Å². The van der Waals surface area contributed by atoms with E-state index in [1.54, 1.807) is 44.3 Å². The maximum Gasteiger partial charge on any atom is 0.264 e. The van der Waals surface area contributed by atoms with Crippen molar-refractivity contribution < 1.29 is 33.5 Å². The fourth-order valence-corrected chi connectivity index (χ4v) is 6.78. The predicted octanol–water partition coefficient (Wildman–Crippen LogP) is 2.21. The standard InChI is InChI=1S/C41H48N8O7/c1-25(2)19-35-45-30-13-11-28-21-32(30)49(35)17-8-15-42-38(52)26(3)44-40(54)31(20-27-9-6-5-7-10-27)46-36(50)23-48(18-16-43-39(28)53)41(55)29-12-14-34-33(22-29)47(4)37(51)24-56-34/h5-7,9-14,21-22,25-26,31H,8,15-20,23-24H2,1-4H3,(H,42,52)(H,43,53)(H,44,54)(H,46,50)/t26-,31+/m1/s1. The van der Waals surface area contributed by atoms with Crippen molar-refractivity contribution in [2.45, 2.75) is 58.7 Å². The van der Waals surface area contributed by atoms with Crippen molar-refractivity contribution >= 4 is 52.2 Å². The molecule has 3 heterocycles. The van der Waals surface area contributed by atoms with Crippen LogP contribution in [0.1, 0.15) is 59.3 Å². The van der Waals surface area contributed by atoms with Gasteiger partial charge in [0.1, 0.15) is 23.7 Å². The second kappa shape index (κ2) is 17.5. The van der Waals surface area contributed by atoms with Crippen molar-refractivity contribution in [2.75, 3.05) is 44.7 Å². The highest BCUT2D eigenvalue weighted by molar-refractivity contribution is 6.02. The van der Waals surface area contributed by atoms with Crippen LogP contribution in [0.25, 0.3) is 11.0 Å². The summed E-state index contributed by atoms with van der Waals surface area (Å²) in [6, 6.07) is 17.1. The van der Waals surface area contributed by atoms with Crippen molar-refractivity contribution in [1.82, 2.24) is 35.7 Å². The third-order valence-corrected chi connectivity index (χ3v) is 9.81. The van der Waals surface area contributed by atoms with Crippen LogP contribution in [0, 0.1) is 5.92 Å². The van der Waals surface area contributed by atoms with Gasteiger partial charge < -0.3 is 40.4 Å². The number of anilines is 1. The first kappa shape index (κ1) is 39.4. The van der Waals surface area contributed by atoms with E-state index in [-0.39, 0.29) is 49.4 Å². The molecule has 1 aromatic heterocycles. The average Bonchev–Trinajstić information content (AvgIpc) is 3.51. The molecular weight excluding hydrogens is 716 g/mol. The van der Waals surface area contributed by atoms with Gasteiger partial charge in [0.2, 0.25) is 17.7 Å². The average molecular weight is 765 g/mol. The molecule has 294 valence electrons.